The van der Waals surface area contributed by atoms with Crippen molar-refractivity contribution in [1.29, 1.82) is 5.26 Å². The Labute approximate surface area is 197 Å². The number of anilines is 1. The van der Waals surface area contributed by atoms with Gasteiger partial charge in [0.15, 0.2) is 5.01 Å². The molecule has 1 N–H and O–H groups in total. The third kappa shape index (κ3) is 4.77. The van der Waals surface area contributed by atoms with Crippen molar-refractivity contribution in [1.82, 2.24) is 14.8 Å². The van der Waals surface area contributed by atoms with Crippen molar-refractivity contribution < 1.29 is 13.9 Å². The minimum Gasteiger partial charge on any atom is -0.495 e. The first-order chi connectivity index (χ1) is 16.0. The highest BCUT2D eigenvalue weighted by Crippen LogP contribution is 2.29. The zero-order valence-corrected chi connectivity index (χ0v) is 18.7. The summed E-state index contributed by atoms with van der Waals surface area (Å²) in [4.78, 5) is 12.7. The molecule has 0 atom stereocenters. The summed E-state index contributed by atoms with van der Waals surface area (Å²) in [6.45, 7) is 0. The molecule has 2 heterocycles. The standard InChI is InChI=1S/C23H15ClFN5O2S/c1-32-20-9-8-16(12-18(20)24)30-10-4-5-15(30)11-14(13-26)21(31)27-23-29-28-22(33-23)17-6-2-3-7-19(17)25/h2-12H,1H3,(H,27,29,31)/b14-11-. The van der Waals surface area contributed by atoms with Gasteiger partial charge in [-0.1, -0.05) is 35.1 Å². The number of carbonyl (C=O) groups is 1. The predicted octanol–water partition coefficient (Wildman–Crippen LogP) is 5.34. The van der Waals surface area contributed by atoms with Gasteiger partial charge in [-0.3, -0.25) is 10.1 Å². The number of nitriles is 1. The van der Waals surface area contributed by atoms with E-state index in [9.17, 15) is 14.4 Å². The molecule has 0 bridgehead atoms. The van der Waals surface area contributed by atoms with Crippen LogP contribution in [0.3, 0.4) is 0 Å². The van der Waals surface area contributed by atoms with Crippen LogP contribution >= 0.6 is 22.9 Å². The molecule has 7 nitrogen and oxygen atoms in total. The topological polar surface area (TPSA) is 92.8 Å². The highest BCUT2D eigenvalue weighted by Gasteiger charge is 2.16. The molecule has 10 heteroatoms. The number of amides is 1. The zero-order valence-electron chi connectivity index (χ0n) is 17.1. The number of methoxy groups -OCH3 is 1. The number of carbonyl (C=O) groups excluding carboxylic acids is 1. The Bertz CT molecular complexity index is 1410. The van der Waals surface area contributed by atoms with E-state index in [4.69, 9.17) is 16.3 Å². The summed E-state index contributed by atoms with van der Waals surface area (Å²) in [5.74, 6) is -0.564. The van der Waals surface area contributed by atoms with Gasteiger partial charge in [-0.15, -0.1) is 10.2 Å². The lowest BCUT2D eigenvalue weighted by molar-refractivity contribution is -0.112. The molecular weight excluding hydrogens is 465 g/mol. The molecule has 0 aliphatic carbocycles. The summed E-state index contributed by atoms with van der Waals surface area (Å²) in [6.07, 6.45) is 3.23. The highest BCUT2D eigenvalue weighted by molar-refractivity contribution is 7.18. The van der Waals surface area contributed by atoms with Crippen molar-refractivity contribution in [3.05, 3.63) is 82.9 Å². The van der Waals surface area contributed by atoms with E-state index in [1.807, 2.05) is 6.07 Å². The second kappa shape index (κ2) is 9.65. The molecule has 0 radical (unpaired) electrons. The lowest BCUT2D eigenvalue weighted by Gasteiger charge is -2.10. The van der Waals surface area contributed by atoms with Gasteiger partial charge in [-0.05, 0) is 48.5 Å². The number of nitrogens with one attached hydrogen (secondary N) is 1. The Balaban J connectivity index is 1.57. The first-order valence-electron chi connectivity index (χ1n) is 9.53. The molecule has 0 saturated heterocycles. The maximum Gasteiger partial charge on any atom is 0.268 e. The van der Waals surface area contributed by atoms with Crippen LogP contribution in [0.1, 0.15) is 5.69 Å². The molecule has 2 aromatic carbocycles. The zero-order chi connectivity index (χ0) is 23.4. The van der Waals surface area contributed by atoms with Gasteiger partial charge in [0.1, 0.15) is 23.2 Å². The number of rotatable bonds is 6. The molecule has 164 valence electrons. The van der Waals surface area contributed by atoms with Crippen LogP contribution in [-0.4, -0.2) is 27.8 Å². The van der Waals surface area contributed by atoms with Crippen LogP contribution < -0.4 is 10.1 Å². The van der Waals surface area contributed by atoms with Crippen LogP contribution in [-0.2, 0) is 4.79 Å². The van der Waals surface area contributed by atoms with Gasteiger partial charge in [0.2, 0.25) is 5.13 Å². The Hall–Kier alpha value is -4.00. The maximum absolute atomic E-state index is 14.0. The van der Waals surface area contributed by atoms with E-state index in [1.165, 1.54) is 19.3 Å². The molecule has 0 saturated carbocycles. The Morgan fingerprint density at radius 2 is 2.06 bits per heavy atom. The fourth-order valence-corrected chi connectivity index (χ4v) is 4.05. The summed E-state index contributed by atoms with van der Waals surface area (Å²) >= 11 is 7.23. The number of nitrogens with zero attached hydrogens (tertiary/aromatic N) is 4. The molecule has 0 spiro atoms. The highest BCUT2D eigenvalue weighted by atomic mass is 35.5. The van der Waals surface area contributed by atoms with Crippen LogP contribution in [0.4, 0.5) is 9.52 Å². The van der Waals surface area contributed by atoms with Gasteiger partial charge in [-0.2, -0.15) is 5.26 Å². The molecule has 4 aromatic rings. The van der Waals surface area contributed by atoms with E-state index in [1.54, 1.807) is 59.3 Å². The number of ether oxygens (including phenoxy) is 1. The van der Waals surface area contributed by atoms with Crippen molar-refractivity contribution in [2.75, 3.05) is 12.4 Å². The van der Waals surface area contributed by atoms with Crippen molar-refractivity contribution in [2.24, 2.45) is 0 Å². The van der Waals surface area contributed by atoms with Gasteiger partial charge >= 0.3 is 0 Å². The molecule has 2 aromatic heterocycles. The van der Waals surface area contributed by atoms with Crippen LogP contribution in [0.5, 0.6) is 5.75 Å². The van der Waals surface area contributed by atoms with Crippen molar-refractivity contribution >= 4 is 40.1 Å². The predicted molar refractivity (Wildman–Crippen MR) is 125 cm³/mol. The van der Waals surface area contributed by atoms with Gasteiger partial charge < -0.3 is 9.30 Å². The van der Waals surface area contributed by atoms with Crippen molar-refractivity contribution in [3.8, 4) is 28.1 Å². The normalized spacial score (nSPS) is 11.2. The molecular formula is C23H15ClFN5O2S. The third-order valence-corrected chi connectivity index (χ3v) is 5.77. The van der Waals surface area contributed by atoms with Crippen LogP contribution in [0.25, 0.3) is 22.3 Å². The van der Waals surface area contributed by atoms with E-state index in [0.29, 0.717) is 21.5 Å². The maximum atomic E-state index is 14.0. The van der Waals surface area contributed by atoms with Crippen molar-refractivity contribution in [3.63, 3.8) is 0 Å². The fourth-order valence-electron chi connectivity index (χ4n) is 3.03. The quantitative estimate of drug-likeness (QED) is 0.297. The molecule has 0 unspecified atom stereocenters. The largest absolute Gasteiger partial charge is 0.495 e. The van der Waals surface area contributed by atoms with E-state index < -0.39 is 11.7 Å². The molecule has 1 amide bonds. The minimum atomic E-state index is -0.658. The lowest BCUT2D eigenvalue weighted by Crippen LogP contribution is -2.13. The molecule has 0 aliphatic heterocycles. The summed E-state index contributed by atoms with van der Waals surface area (Å²) < 4.78 is 20.9. The SMILES string of the molecule is COc1ccc(-n2cccc2/C=C(/C#N)C(=O)Nc2nnc(-c3ccccc3F)s2)cc1Cl. The van der Waals surface area contributed by atoms with Gasteiger partial charge in [0.05, 0.1) is 12.1 Å². The third-order valence-electron chi connectivity index (χ3n) is 4.60. The van der Waals surface area contributed by atoms with Crippen molar-refractivity contribution in [2.45, 2.75) is 0 Å². The van der Waals surface area contributed by atoms with Gasteiger partial charge in [-0.25, -0.2) is 4.39 Å². The first-order valence-corrected chi connectivity index (χ1v) is 10.7. The number of benzene rings is 2. The average Bonchev–Trinajstić information content (AvgIpc) is 3.47. The number of aromatic nitrogens is 3. The number of hydrogen-bond donors (Lipinski definition) is 1. The fraction of sp³-hybridized carbons (Fsp3) is 0.0435. The second-order valence-electron chi connectivity index (χ2n) is 6.64. The second-order valence-corrected chi connectivity index (χ2v) is 8.02. The van der Waals surface area contributed by atoms with E-state index in [2.05, 4.69) is 15.5 Å². The average molecular weight is 480 g/mol. The summed E-state index contributed by atoms with van der Waals surface area (Å²) in [5, 5.41) is 20.8. The monoisotopic (exact) mass is 479 g/mol. The minimum absolute atomic E-state index is 0.141. The van der Waals surface area contributed by atoms with Crippen LogP contribution in [0.2, 0.25) is 5.02 Å². The summed E-state index contributed by atoms with van der Waals surface area (Å²) in [5.41, 5.74) is 1.46. The summed E-state index contributed by atoms with van der Waals surface area (Å²) in [6, 6.07) is 16.8. The first kappa shape index (κ1) is 22.2. The van der Waals surface area contributed by atoms with Gasteiger partial charge in [0.25, 0.3) is 5.91 Å². The van der Waals surface area contributed by atoms with Crippen LogP contribution in [0.15, 0.2) is 66.4 Å². The smallest absolute Gasteiger partial charge is 0.268 e. The Kier molecular flexibility index (Phi) is 6.49. The number of hydrogen-bond acceptors (Lipinski definition) is 6. The lowest BCUT2D eigenvalue weighted by atomic mass is 10.2. The molecule has 33 heavy (non-hydrogen) atoms. The molecule has 4 rings (SSSR count). The van der Waals surface area contributed by atoms with E-state index in [0.717, 1.165) is 17.0 Å². The van der Waals surface area contributed by atoms with E-state index in [-0.39, 0.29) is 16.3 Å². The number of halogens is 2. The molecule has 0 fully saturated rings. The van der Waals surface area contributed by atoms with E-state index >= 15 is 0 Å². The van der Waals surface area contributed by atoms with Gasteiger partial charge in [0, 0.05) is 23.1 Å². The molecule has 0 aliphatic rings. The van der Waals surface area contributed by atoms with Crippen LogP contribution in [0, 0.1) is 17.1 Å². The summed E-state index contributed by atoms with van der Waals surface area (Å²) in [7, 11) is 1.53. The Morgan fingerprint density at radius 3 is 2.79 bits per heavy atom. The Morgan fingerprint density at radius 1 is 1.24 bits per heavy atom.